The smallest absolute Gasteiger partial charge is 0.268 e. The molecule has 1 N–H and O–H groups in total. The fourth-order valence-corrected chi connectivity index (χ4v) is 3.59. The van der Waals surface area contributed by atoms with Gasteiger partial charge < -0.3 is 4.42 Å². The molecule has 0 fully saturated rings. The molecule has 0 bridgehead atoms. The molecule has 25 heavy (non-hydrogen) atoms. The number of furan rings is 1. The van der Waals surface area contributed by atoms with E-state index in [1.54, 1.807) is 36.7 Å². The monoisotopic (exact) mass is 351 g/mol. The third-order valence-corrected chi connectivity index (χ3v) is 5.07. The zero-order chi connectivity index (χ0) is 17.3. The molecule has 0 saturated heterocycles. The van der Waals surface area contributed by atoms with E-state index in [0.29, 0.717) is 11.0 Å². The number of benzene rings is 2. The second kappa shape index (κ2) is 6.03. The van der Waals surface area contributed by atoms with Gasteiger partial charge in [-0.15, -0.1) is 0 Å². The first kappa shape index (κ1) is 15.3. The number of sulfonamides is 1. The average molecular weight is 351 g/mol. The number of nitrogens with zero attached hydrogens (tertiary/aromatic N) is 2. The van der Waals surface area contributed by atoms with Crippen LogP contribution < -0.4 is 4.72 Å². The number of rotatable bonds is 4. The summed E-state index contributed by atoms with van der Waals surface area (Å²) in [4.78, 5) is 8.25. The van der Waals surface area contributed by atoms with Gasteiger partial charge in [0.1, 0.15) is 16.7 Å². The Labute approximate surface area is 144 Å². The quantitative estimate of drug-likeness (QED) is 0.606. The highest BCUT2D eigenvalue weighted by molar-refractivity contribution is 7.93. The molecule has 0 saturated carbocycles. The summed E-state index contributed by atoms with van der Waals surface area (Å²) in [6, 6.07) is 16.5. The van der Waals surface area contributed by atoms with Crippen LogP contribution in [0.3, 0.4) is 0 Å². The largest absolute Gasteiger partial charge is 0.463 e. The molecule has 0 aliphatic rings. The van der Waals surface area contributed by atoms with E-state index >= 15 is 0 Å². The van der Waals surface area contributed by atoms with Gasteiger partial charge in [0.2, 0.25) is 5.95 Å². The maximum absolute atomic E-state index is 12.6. The minimum absolute atomic E-state index is 0.00459. The molecule has 0 atom stereocenters. The third-order valence-electron chi connectivity index (χ3n) is 3.72. The van der Waals surface area contributed by atoms with Crippen molar-refractivity contribution < 1.29 is 12.8 Å². The van der Waals surface area contributed by atoms with Crippen molar-refractivity contribution in [1.82, 2.24) is 9.97 Å². The zero-order valence-corrected chi connectivity index (χ0v) is 13.8. The first-order chi connectivity index (χ1) is 12.1. The van der Waals surface area contributed by atoms with Crippen molar-refractivity contribution in [2.45, 2.75) is 4.90 Å². The van der Waals surface area contributed by atoms with Crippen LogP contribution in [0.25, 0.3) is 22.1 Å². The van der Waals surface area contributed by atoms with Gasteiger partial charge in [0.15, 0.2) is 0 Å². The van der Waals surface area contributed by atoms with Crippen LogP contribution >= 0.6 is 0 Å². The summed E-state index contributed by atoms with van der Waals surface area (Å²) in [7, 11) is -3.84. The number of para-hydroxylation sites is 1. The van der Waals surface area contributed by atoms with Gasteiger partial charge in [0, 0.05) is 23.3 Å². The van der Waals surface area contributed by atoms with Crippen LogP contribution in [-0.4, -0.2) is 18.4 Å². The first-order valence-corrected chi connectivity index (χ1v) is 8.98. The zero-order valence-electron chi connectivity index (χ0n) is 13.0. The standard InChI is InChI=1S/C18H13N3O3S/c22-25(23,17-12-24-16-9-5-4-8-15(16)17)21-18-19-10-14(11-20-18)13-6-2-1-3-7-13/h1-12H,(H,19,20,21). The highest BCUT2D eigenvalue weighted by Gasteiger charge is 2.21. The molecule has 2 aromatic heterocycles. The molecular formula is C18H13N3O3S. The van der Waals surface area contributed by atoms with Gasteiger partial charge in [0.25, 0.3) is 10.0 Å². The fraction of sp³-hybridized carbons (Fsp3) is 0. The van der Waals surface area contributed by atoms with E-state index in [-0.39, 0.29) is 10.8 Å². The Morgan fingerprint density at radius 1 is 0.840 bits per heavy atom. The van der Waals surface area contributed by atoms with Crippen molar-refractivity contribution in [2.75, 3.05) is 4.72 Å². The lowest BCUT2D eigenvalue weighted by Gasteiger charge is -2.06. The molecule has 2 heterocycles. The minimum Gasteiger partial charge on any atom is -0.463 e. The molecule has 7 heteroatoms. The lowest BCUT2D eigenvalue weighted by atomic mass is 10.1. The Kier molecular flexibility index (Phi) is 3.70. The number of hydrogen-bond donors (Lipinski definition) is 1. The van der Waals surface area contributed by atoms with Crippen LogP contribution in [0.4, 0.5) is 5.95 Å². The predicted molar refractivity (Wildman–Crippen MR) is 94.5 cm³/mol. The van der Waals surface area contributed by atoms with Crippen LogP contribution in [0.2, 0.25) is 0 Å². The second-order valence-corrected chi connectivity index (χ2v) is 7.01. The number of anilines is 1. The Balaban J connectivity index is 1.63. The molecule has 2 aromatic carbocycles. The Morgan fingerprint density at radius 3 is 2.28 bits per heavy atom. The molecule has 0 spiro atoms. The van der Waals surface area contributed by atoms with E-state index in [9.17, 15) is 8.42 Å². The van der Waals surface area contributed by atoms with Crippen LogP contribution in [0.1, 0.15) is 0 Å². The first-order valence-electron chi connectivity index (χ1n) is 7.50. The fourth-order valence-electron chi connectivity index (χ4n) is 2.50. The van der Waals surface area contributed by atoms with Crippen molar-refractivity contribution in [2.24, 2.45) is 0 Å². The van der Waals surface area contributed by atoms with Gasteiger partial charge in [-0.1, -0.05) is 42.5 Å². The van der Waals surface area contributed by atoms with Crippen molar-refractivity contribution in [3.8, 4) is 11.1 Å². The summed E-state index contributed by atoms with van der Waals surface area (Å²) in [5.74, 6) is 0.00459. The molecule has 0 radical (unpaired) electrons. The summed E-state index contributed by atoms with van der Waals surface area (Å²) in [6.45, 7) is 0. The highest BCUT2D eigenvalue weighted by Crippen LogP contribution is 2.26. The SMILES string of the molecule is O=S(=O)(Nc1ncc(-c2ccccc2)cn1)c1coc2ccccc12. The number of hydrogen-bond acceptors (Lipinski definition) is 5. The van der Waals surface area contributed by atoms with Gasteiger partial charge >= 0.3 is 0 Å². The van der Waals surface area contributed by atoms with Crippen LogP contribution in [0.15, 0.2) is 82.6 Å². The molecule has 6 nitrogen and oxygen atoms in total. The van der Waals surface area contributed by atoms with E-state index in [1.807, 2.05) is 30.3 Å². The molecule has 4 rings (SSSR count). The number of nitrogens with one attached hydrogen (secondary N) is 1. The van der Waals surface area contributed by atoms with Crippen LogP contribution in [0, 0.1) is 0 Å². The molecular weight excluding hydrogens is 338 g/mol. The normalized spacial score (nSPS) is 11.5. The van der Waals surface area contributed by atoms with E-state index < -0.39 is 10.0 Å². The molecule has 0 amide bonds. The summed E-state index contributed by atoms with van der Waals surface area (Å²) in [5, 5.41) is 0.510. The van der Waals surface area contributed by atoms with Crippen molar-refractivity contribution >= 4 is 26.9 Å². The van der Waals surface area contributed by atoms with Gasteiger partial charge in [-0.05, 0) is 17.7 Å². The molecule has 0 unspecified atom stereocenters. The number of fused-ring (bicyclic) bond motifs is 1. The third kappa shape index (κ3) is 2.97. The Bertz CT molecular complexity index is 1120. The second-order valence-electron chi connectivity index (χ2n) is 5.36. The topological polar surface area (TPSA) is 85.1 Å². The van der Waals surface area contributed by atoms with Crippen molar-refractivity contribution in [3.05, 3.63) is 73.3 Å². The minimum atomic E-state index is -3.84. The molecule has 0 aliphatic heterocycles. The maximum atomic E-state index is 12.6. The highest BCUT2D eigenvalue weighted by atomic mass is 32.2. The van der Waals surface area contributed by atoms with E-state index in [0.717, 1.165) is 11.1 Å². The van der Waals surface area contributed by atoms with Crippen molar-refractivity contribution in [3.63, 3.8) is 0 Å². The van der Waals surface area contributed by atoms with Gasteiger partial charge in [-0.2, -0.15) is 0 Å². The van der Waals surface area contributed by atoms with E-state index in [2.05, 4.69) is 14.7 Å². The molecule has 4 aromatic rings. The maximum Gasteiger partial charge on any atom is 0.268 e. The van der Waals surface area contributed by atoms with Crippen molar-refractivity contribution in [1.29, 1.82) is 0 Å². The lowest BCUT2D eigenvalue weighted by Crippen LogP contribution is -2.14. The van der Waals surface area contributed by atoms with Gasteiger partial charge in [0.05, 0.1) is 0 Å². The van der Waals surface area contributed by atoms with Gasteiger partial charge in [-0.25, -0.2) is 23.1 Å². The van der Waals surface area contributed by atoms with E-state index in [1.165, 1.54) is 6.26 Å². The van der Waals surface area contributed by atoms with Crippen LogP contribution in [-0.2, 0) is 10.0 Å². The molecule has 0 aliphatic carbocycles. The lowest BCUT2D eigenvalue weighted by molar-refractivity contribution is 0.587. The Morgan fingerprint density at radius 2 is 1.52 bits per heavy atom. The van der Waals surface area contributed by atoms with E-state index in [4.69, 9.17) is 4.42 Å². The summed E-state index contributed by atoms with van der Waals surface area (Å²) in [5.41, 5.74) is 2.26. The average Bonchev–Trinajstić information content (AvgIpc) is 3.08. The van der Waals surface area contributed by atoms with Gasteiger partial charge in [-0.3, -0.25) is 0 Å². The summed E-state index contributed by atoms with van der Waals surface area (Å²) in [6.07, 6.45) is 4.37. The van der Waals surface area contributed by atoms with Crippen LogP contribution in [0.5, 0.6) is 0 Å². The summed E-state index contributed by atoms with van der Waals surface area (Å²) < 4.78 is 32.8. The summed E-state index contributed by atoms with van der Waals surface area (Å²) >= 11 is 0. The Hall–Kier alpha value is -3.19. The molecule has 124 valence electrons. The predicted octanol–water partition coefficient (Wildman–Crippen LogP) is 3.69. The number of aromatic nitrogens is 2.